The summed E-state index contributed by atoms with van der Waals surface area (Å²) in [4.78, 5) is 4.86. The molecule has 1 aliphatic heterocycles. The van der Waals surface area contributed by atoms with Crippen LogP contribution >= 0.6 is 0 Å². The predicted molar refractivity (Wildman–Crippen MR) is 134 cm³/mol. The lowest BCUT2D eigenvalue weighted by molar-refractivity contribution is 0.117. The second-order valence-electron chi connectivity index (χ2n) is 7.72. The van der Waals surface area contributed by atoms with E-state index in [0.29, 0.717) is 30.5 Å². The topological polar surface area (TPSA) is 63.4 Å². The lowest BCUT2D eigenvalue weighted by atomic mass is 10.1. The number of hydrogen-bond acceptors (Lipinski definition) is 5. The third-order valence-electron chi connectivity index (χ3n) is 5.53. The van der Waals surface area contributed by atoms with Crippen molar-refractivity contribution in [2.24, 2.45) is 4.99 Å². The number of hydrogen-bond donors (Lipinski definition) is 0. The smallest absolute Gasteiger partial charge is 0.203 e. The molecule has 0 saturated heterocycles. The number of benzene rings is 3. The monoisotopic (exact) mass is 457 g/mol. The molecule has 0 unspecified atom stereocenters. The summed E-state index contributed by atoms with van der Waals surface area (Å²) in [6.07, 6.45) is 1.54. The van der Waals surface area contributed by atoms with Crippen molar-refractivity contribution < 1.29 is 18.9 Å². The molecule has 3 aromatic carbocycles. The van der Waals surface area contributed by atoms with Gasteiger partial charge in [-0.3, -0.25) is 0 Å². The van der Waals surface area contributed by atoms with E-state index in [4.69, 9.17) is 29.3 Å². The highest BCUT2D eigenvalue weighted by Crippen LogP contribution is 2.40. The molecule has 1 radical (unpaired) electrons. The molecule has 0 bridgehead atoms. The van der Waals surface area contributed by atoms with E-state index in [-0.39, 0.29) is 0 Å². The summed E-state index contributed by atoms with van der Waals surface area (Å²) >= 11 is 0. The highest BCUT2D eigenvalue weighted by molar-refractivity contribution is 6.07. The average molecular weight is 458 g/mol. The Morgan fingerprint density at radius 1 is 0.676 bits per heavy atom. The van der Waals surface area contributed by atoms with Gasteiger partial charge in [-0.1, -0.05) is 60.7 Å². The molecule has 6 heteroatoms. The zero-order valence-electron chi connectivity index (χ0n) is 19.8. The fourth-order valence-corrected chi connectivity index (χ4v) is 3.89. The van der Waals surface area contributed by atoms with Crippen LogP contribution < -0.4 is 19.5 Å². The van der Waals surface area contributed by atoms with Crippen LogP contribution in [0.1, 0.15) is 29.5 Å². The van der Waals surface area contributed by atoms with E-state index in [1.165, 1.54) is 0 Å². The van der Waals surface area contributed by atoms with Crippen LogP contribution in [-0.4, -0.2) is 33.8 Å². The van der Waals surface area contributed by atoms with Gasteiger partial charge in [0.1, 0.15) is 5.84 Å². The minimum absolute atomic E-state index is 0.413. The molecule has 0 atom stereocenters. The van der Waals surface area contributed by atoms with Crippen LogP contribution in [0.15, 0.2) is 77.8 Å². The molecular weight excluding hydrogens is 428 g/mol. The third-order valence-corrected chi connectivity index (χ3v) is 5.53. The lowest BCUT2D eigenvalue weighted by Gasteiger charge is -2.15. The van der Waals surface area contributed by atoms with E-state index >= 15 is 0 Å². The standard InChI is InChI=1S/C28H29N2O4/c1-31-23-17-16-22(27(32-2)28(23)33-3)19-34-18-10-15-24-29-25(20-11-6-4-7-12-20)26(30-24)21-13-8-5-9-14-21/h4-9,11-14,16-17H,10,15,18-19H2,1-3H3. The van der Waals surface area contributed by atoms with Gasteiger partial charge in [0.15, 0.2) is 11.5 Å². The maximum absolute atomic E-state index is 5.93. The zero-order valence-corrected chi connectivity index (χ0v) is 19.8. The van der Waals surface area contributed by atoms with Crippen LogP contribution in [0, 0.1) is 0 Å². The molecule has 6 nitrogen and oxygen atoms in total. The molecule has 4 rings (SSSR count). The molecule has 0 spiro atoms. The molecule has 0 amide bonds. The quantitative estimate of drug-likeness (QED) is 0.354. The summed E-state index contributed by atoms with van der Waals surface area (Å²) in [5.41, 5.74) is 4.87. The summed E-state index contributed by atoms with van der Waals surface area (Å²) in [7, 11) is 4.81. The molecule has 0 aromatic heterocycles. The van der Waals surface area contributed by atoms with E-state index < -0.39 is 0 Å². The number of methoxy groups -OCH3 is 3. The molecule has 0 saturated carbocycles. The molecule has 34 heavy (non-hydrogen) atoms. The largest absolute Gasteiger partial charge is 0.493 e. The summed E-state index contributed by atoms with van der Waals surface area (Å²) in [5, 5.41) is 4.86. The Bertz CT molecular complexity index is 1160. The van der Waals surface area contributed by atoms with Crippen molar-refractivity contribution in [2.75, 3.05) is 27.9 Å². The number of aliphatic imine (C=N–C) groups is 1. The minimum Gasteiger partial charge on any atom is -0.493 e. The van der Waals surface area contributed by atoms with Gasteiger partial charge in [0.2, 0.25) is 5.75 Å². The molecule has 0 aliphatic carbocycles. The van der Waals surface area contributed by atoms with E-state index in [1.54, 1.807) is 21.3 Å². The second kappa shape index (κ2) is 11.4. The predicted octanol–water partition coefficient (Wildman–Crippen LogP) is 5.55. The number of nitrogens with zero attached hydrogens (tertiary/aromatic N) is 2. The molecule has 0 fully saturated rings. The number of rotatable bonds is 11. The van der Waals surface area contributed by atoms with Gasteiger partial charge in [0, 0.05) is 29.7 Å². The van der Waals surface area contributed by atoms with E-state index in [2.05, 4.69) is 24.3 Å². The zero-order chi connectivity index (χ0) is 23.8. The third kappa shape index (κ3) is 5.24. The average Bonchev–Trinajstić information content (AvgIpc) is 3.33. The SMILES string of the molecule is COc1ccc(COCCCC2=NC(c3ccccc3)=C(c3ccccc3)[N]2)c(OC)c1OC. The van der Waals surface area contributed by atoms with Crippen molar-refractivity contribution >= 4 is 17.2 Å². The van der Waals surface area contributed by atoms with Crippen LogP contribution in [0.2, 0.25) is 0 Å². The Hall–Kier alpha value is -3.77. The van der Waals surface area contributed by atoms with E-state index in [9.17, 15) is 0 Å². The van der Waals surface area contributed by atoms with Gasteiger partial charge >= 0.3 is 0 Å². The summed E-state index contributed by atoms with van der Waals surface area (Å²) in [5.74, 6) is 2.64. The summed E-state index contributed by atoms with van der Waals surface area (Å²) in [6.45, 7) is 0.989. The minimum atomic E-state index is 0.413. The van der Waals surface area contributed by atoms with E-state index in [1.807, 2.05) is 48.5 Å². The molecule has 175 valence electrons. The van der Waals surface area contributed by atoms with Gasteiger partial charge in [0.25, 0.3) is 0 Å². The van der Waals surface area contributed by atoms with Crippen molar-refractivity contribution in [1.82, 2.24) is 5.32 Å². The van der Waals surface area contributed by atoms with Gasteiger partial charge in [0.05, 0.1) is 39.3 Å². The lowest BCUT2D eigenvalue weighted by Crippen LogP contribution is -2.11. The van der Waals surface area contributed by atoms with Crippen molar-refractivity contribution in [1.29, 1.82) is 0 Å². The Morgan fingerprint density at radius 2 is 1.32 bits per heavy atom. The van der Waals surface area contributed by atoms with Gasteiger partial charge < -0.3 is 18.9 Å². The van der Waals surface area contributed by atoms with E-state index in [0.717, 1.165) is 46.8 Å². The summed E-state index contributed by atoms with van der Waals surface area (Å²) < 4.78 is 22.3. The first-order valence-corrected chi connectivity index (χ1v) is 11.2. The first-order valence-electron chi connectivity index (χ1n) is 11.2. The number of amidine groups is 1. The molecule has 0 N–H and O–H groups in total. The highest BCUT2D eigenvalue weighted by Gasteiger charge is 2.22. The first kappa shape index (κ1) is 23.4. The Labute approximate surface area is 200 Å². The van der Waals surface area contributed by atoms with Crippen LogP contribution in [0.3, 0.4) is 0 Å². The Morgan fingerprint density at radius 3 is 1.94 bits per heavy atom. The fourth-order valence-electron chi connectivity index (χ4n) is 3.89. The molecule has 1 aliphatic rings. The van der Waals surface area contributed by atoms with Crippen LogP contribution in [0.5, 0.6) is 17.2 Å². The molecule has 3 aromatic rings. The van der Waals surface area contributed by atoms with Crippen molar-refractivity contribution in [3.63, 3.8) is 0 Å². The second-order valence-corrected chi connectivity index (χ2v) is 7.72. The normalized spacial score (nSPS) is 12.9. The first-order chi connectivity index (χ1) is 16.7. The number of ether oxygens (including phenoxy) is 4. The van der Waals surface area contributed by atoms with Crippen molar-refractivity contribution in [3.8, 4) is 17.2 Å². The van der Waals surface area contributed by atoms with Crippen molar-refractivity contribution in [2.45, 2.75) is 19.4 Å². The highest BCUT2D eigenvalue weighted by atomic mass is 16.5. The Balaban J connectivity index is 1.36. The Kier molecular flexibility index (Phi) is 7.83. The van der Waals surface area contributed by atoms with Gasteiger partial charge in [-0.25, -0.2) is 10.3 Å². The fraction of sp³-hybridized carbons (Fsp3) is 0.250. The van der Waals surface area contributed by atoms with Crippen LogP contribution in [0.4, 0.5) is 0 Å². The van der Waals surface area contributed by atoms with Crippen LogP contribution in [0.25, 0.3) is 11.4 Å². The van der Waals surface area contributed by atoms with Gasteiger partial charge in [-0.2, -0.15) is 0 Å². The maximum atomic E-state index is 5.93. The van der Waals surface area contributed by atoms with Crippen LogP contribution in [-0.2, 0) is 11.3 Å². The molecule has 1 heterocycles. The van der Waals surface area contributed by atoms with Crippen molar-refractivity contribution in [3.05, 3.63) is 89.5 Å². The maximum Gasteiger partial charge on any atom is 0.203 e. The summed E-state index contributed by atoms with van der Waals surface area (Å²) in [6, 6.07) is 24.2. The van der Waals surface area contributed by atoms with Gasteiger partial charge in [-0.05, 0) is 18.6 Å². The molecular formula is C28H29N2O4. The van der Waals surface area contributed by atoms with Gasteiger partial charge in [-0.15, -0.1) is 0 Å².